The number of carbonyl (C=O) groups excluding carboxylic acids is 3. The monoisotopic (exact) mass is 386 g/mol. The maximum Gasteiger partial charge on any atom is 0.338 e. The number of benzene rings is 1. The van der Waals surface area contributed by atoms with Crippen molar-refractivity contribution in [3.8, 4) is 0 Å². The molecule has 1 fully saturated rings. The van der Waals surface area contributed by atoms with Crippen LogP contribution in [0.3, 0.4) is 0 Å². The molecule has 1 aromatic heterocycles. The summed E-state index contributed by atoms with van der Waals surface area (Å²) in [4.78, 5) is 39.3. The Morgan fingerprint density at radius 3 is 2.59 bits per heavy atom. The van der Waals surface area contributed by atoms with Gasteiger partial charge in [0.1, 0.15) is 0 Å². The van der Waals surface area contributed by atoms with Crippen molar-refractivity contribution >= 4 is 34.8 Å². The van der Waals surface area contributed by atoms with E-state index in [0.717, 1.165) is 19.3 Å². The largest absolute Gasteiger partial charge is 0.449 e. The highest BCUT2D eigenvalue weighted by molar-refractivity contribution is 7.12. The van der Waals surface area contributed by atoms with Crippen molar-refractivity contribution in [2.24, 2.45) is 0 Å². The summed E-state index contributed by atoms with van der Waals surface area (Å²) in [6, 6.07) is 10.0. The molecule has 6 nitrogen and oxygen atoms in total. The van der Waals surface area contributed by atoms with Crippen LogP contribution in [0.4, 0.5) is 5.69 Å². The lowest BCUT2D eigenvalue weighted by atomic mass is 10.1. The van der Waals surface area contributed by atoms with Gasteiger partial charge in [-0.05, 0) is 55.8 Å². The van der Waals surface area contributed by atoms with Gasteiger partial charge in [0.2, 0.25) is 0 Å². The SMILES string of the molecule is C[C@@H](OC(=O)c1cccc(NC(=O)c2cccs2)c1)C(=O)N1CCCCC1. The van der Waals surface area contributed by atoms with E-state index in [0.29, 0.717) is 23.7 Å². The van der Waals surface area contributed by atoms with Crippen LogP contribution in [0.1, 0.15) is 46.2 Å². The minimum atomic E-state index is -0.833. The molecule has 1 N–H and O–H groups in total. The summed E-state index contributed by atoms with van der Waals surface area (Å²) in [5.41, 5.74) is 0.787. The van der Waals surface area contributed by atoms with Crippen LogP contribution in [-0.2, 0) is 9.53 Å². The van der Waals surface area contributed by atoms with E-state index in [1.54, 1.807) is 48.2 Å². The van der Waals surface area contributed by atoms with Gasteiger partial charge in [0, 0.05) is 18.8 Å². The molecule has 1 aliphatic heterocycles. The lowest BCUT2D eigenvalue weighted by molar-refractivity contribution is -0.140. The molecule has 1 saturated heterocycles. The van der Waals surface area contributed by atoms with Gasteiger partial charge in [-0.1, -0.05) is 12.1 Å². The molecule has 1 aromatic carbocycles. The predicted molar refractivity (Wildman–Crippen MR) is 104 cm³/mol. The third-order valence-electron chi connectivity index (χ3n) is 4.40. The van der Waals surface area contributed by atoms with Gasteiger partial charge < -0.3 is 15.0 Å². The van der Waals surface area contributed by atoms with Gasteiger partial charge >= 0.3 is 5.97 Å². The fourth-order valence-electron chi connectivity index (χ4n) is 2.97. The van der Waals surface area contributed by atoms with Crippen LogP contribution in [0.25, 0.3) is 0 Å². The quantitative estimate of drug-likeness (QED) is 0.797. The summed E-state index contributed by atoms with van der Waals surface area (Å²) >= 11 is 1.34. The number of piperidine rings is 1. The van der Waals surface area contributed by atoms with Crippen LogP contribution in [-0.4, -0.2) is 41.9 Å². The van der Waals surface area contributed by atoms with E-state index in [2.05, 4.69) is 5.32 Å². The number of hydrogen-bond acceptors (Lipinski definition) is 5. The molecule has 3 rings (SSSR count). The normalized spacial score (nSPS) is 15.1. The molecule has 1 atom stereocenters. The average molecular weight is 386 g/mol. The van der Waals surface area contributed by atoms with Gasteiger partial charge in [0.15, 0.2) is 6.10 Å². The molecule has 2 amide bonds. The average Bonchev–Trinajstić information content (AvgIpc) is 3.23. The van der Waals surface area contributed by atoms with E-state index in [-0.39, 0.29) is 17.4 Å². The third-order valence-corrected chi connectivity index (χ3v) is 5.27. The first-order valence-corrected chi connectivity index (χ1v) is 9.87. The van der Waals surface area contributed by atoms with Crippen molar-refractivity contribution in [2.45, 2.75) is 32.3 Å². The number of amides is 2. The number of esters is 1. The standard InChI is InChI=1S/C20H22N2O4S/c1-14(19(24)22-10-3-2-4-11-22)26-20(25)15-7-5-8-16(13-15)21-18(23)17-9-6-12-27-17/h5-9,12-14H,2-4,10-11H2,1H3,(H,21,23)/t14-/m1/s1. The molecule has 0 bridgehead atoms. The molecule has 142 valence electrons. The molecule has 0 unspecified atom stereocenters. The van der Waals surface area contributed by atoms with Gasteiger partial charge in [-0.15, -0.1) is 11.3 Å². The van der Waals surface area contributed by atoms with Crippen molar-refractivity contribution in [2.75, 3.05) is 18.4 Å². The molecular formula is C20H22N2O4S. The number of carbonyl (C=O) groups is 3. The van der Waals surface area contributed by atoms with Crippen molar-refractivity contribution < 1.29 is 19.1 Å². The van der Waals surface area contributed by atoms with Gasteiger partial charge in [-0.3, -0.25) is 9.59 Å². The van der Waals surface area contributed by atoms with E-state index < -0.39 is 12.1 Å². The van der Waals surface area contributed by atoms with E-state index in [1.165, 1.54) is 11.3 Å². The lowest BCUT2D eigenvalue weighted by Gasteiger charge is -2.28. The van der Waals surface area contributed by atoms with Crippen molar-refractivity contribution in [3.63, 3.8) is 0 Å². The summed E-state index contributed by atoms with van der Waals surface area (Å²) in [6.07, 6.45) is 2.26. The number of ether oxygens (including phenoxy) is 1. The van der Waals surface area contributed by atoms with Crippen molar-refractivity contribution in [1.82, 2.24) is 4.90 Å². The van der Waals surface area contributed by atoms with Gasteiger partial charge in [-0.2, -0.15) is 0 Å². The molecule has 27 heavy (non-hydrogen) atoms. The zero-order valence-corrected chi connectivity index (χ0v) is 16.0. The van der Waals surface area contributed by atoms with E-state index in [9.17, 15) is 14.4 Å². The summed E-state index contributed by atoms with van der Waals surface area (Å²) in [5, 5.41) is 4.58. The van der Waals surface area contributed by atoms with E-state index in [4.69, 9.17) is 4.74 Å². The van der Waals surface area contributed by atoms with Crippen molar-refractivity contribution in [3.05, 3.63) is 52.2 Å². The van der Waals surface area contributed by atoms with Crippen LogP contribution < -0.4 is 5.32 Å². The highest BCUT2D eigenvalue weighted by Crippen LogP contribution is 2.17. The number of rotatable bonds is 5. The van der Waals surface area contributed by atoms with E-state index >= 15 is 0 Å². The molecule has 0 saturated carbocycles. The Balaban J connectivity index is 1.61. The Hall–Kier alpha value is -2.67. The molecule has 7 heteroatoms. The second-order valence-corrected chi connectivity index (χ2v) is 7.39. The van der Waals surface area contributed by atoms with E-state index in [1.807, 2.05) is 5.38 Å². The molecule has 0 radical (unpaired) electrons. The summed E-state index contributed by atoms with van der Waals surface area (Å²) in [5.74, 6) is -0.977. The summed E-state index contributed by atoms with van der Waals surface area (Å²) in [7, 11) is 0. The maximum absolute atomic E-state index is 12.4. The second-order valence-electron chi connectivity index (χ2n) is 6.45. The van der Waals surface area contributed by atoms with Crippen LogP contribution >= 0.6 is 11.3 Å². The Morgan fingerprint density at radius 2 is 1.89 bits per heavy atom. The Bertz CT molecular complexity index is 813. The number of likely N-dealkylation sites (tertiary alicyclic amines) is 1. The summed E-state index contributed by atoms with van der Waals surface area (Å²) in [6.45, 7) is 3.02. The molecule has 0 aliphatic carbocycles. The molecular weight excluding hydrogens is 364 g/mol. The topological polar surface area (TPSA) is 75.7 Å². The third kappa shape index (κ3) is 4.95. The summed E-state index contributed by atoms with van der Waals surface area (Å²) < 4.78 is 5.34. The van der Waals surface area contributed by atoms with Crippen LogP contribution in [0.2, 0.25) is 0 Å². The van der Waals surface area contributed by atoms with Gasteiger partial charge in [0.25, 0.3) is 11.8 Å². The fourth-order valence-corrected chi connectivity index (χ4v) is 3.59. The maximum atomic E-state index is 12.4. The first-order valence-electron chi connectivity index (χ1n) is 8.99. The Morgan fingerprint density at radius 1 is 1.11 bits per heavy atom. The number of hydrogen-bond donors (Lipinski definition) is 1. The Kier molecular flexibility index (Phi) is 6.24. The van der Waals surface area contributed by atoms with Crippen LogP contribution in [0.15, 0.2) is 41.8 Å². The molecule has 2 heterocycles. The number of nitrogens with zero attached hydrogens (tertiary/aromatic N) is 1. The molecule has 0 spiro atoms. The van der Waals surface area contributed by atoms with Gasteiger partial charge in [0.05, 0.1) is 10.4 Å². The number of anilines is 1. The van der Waals surface area contributed by atoms with Crippen LogP contribution in [0, 0.1) is 0 Å². The zero-order chi connectivity index (χ0) is 19.2. The minimum Gasteiger partial charge on any atom is -0.449 e. The Labute approximate surface area is 162 Å². The predicted octanol–water partition coefficient (Wildman–Crippen LogP) is 3.56. The first-order chi connectivity index (χ1) is 13.0. The van der Waals surface area contributed by atoms with Crippen LogP contribution in [0.5, 0.6) is 0 Å². The smallest absolute Gasteiger partial charge is 0.338 e. The molecule has 1 aliphatic rings. The number of thiophene rings is 1. The highest BCUT2D eigenvalue weighted by Gasteiger charge is 2.25. The first kappa shape index (κ1) is 19.1. The lowest BCUT2D eigenvalue weighted by Crippen LogP contribution is -2.42. The zero-order valence-electron chi connectivity index (χ0n) is 15.1. The molecule has 2 aromatic rings. The fraction of sp³-hybridized carbons (Fsp3) is 0.350. The second kappa shape index (κ2) is 8.81. The highest BCUT2D eigenvalue weighted by atomic mass is 32.1. The number of nitrogens with one attached hydrogen (secondary N) is 1. The van der Waals surface area contributed by atoms with Gasteiger partial charge in [-0.25, -0.2) is 4.79 Å². The van der Waals surface area contributed by atoms with Crippen molar-refractivity contribution in [1.29, 1.82) is 0 Å². The minimum absolute atomic E-state index is 0.162.